The van der Waals surface area contributed by atoms with Gasteiger partial charge in [-0.15, -0.1) is 27.0 Å². The minimum Gasteiger partial charge on any atom is -0.420 e. The van der Waals surface area contributed by atoms with Crippen molar-refractivity contribution in [2.45, 2.75) is 17.5 Å². The van der Waals surface area contributed by atoms with Gasteiger partial charge in [0.1, 0.15) is 0 Å². The molecule has 0 aliphatic heterocycles. The average Bonchev–Trinajstić information content (AvgIpc) is 3.35. The predicted molar refractivity (Wildman–Crippen MR) is 110 cm³/mol. The summed E-state index contributed by atoms with van der Waals surface area (Å²) in [6.07, 6.45) is 1.82. The minimum atomic E-state index is 0.402. The van der Waals surface area contributed by atoms with Crippen molar-refractivity contribution in [2.24, 2.45) is 0 Å². The van der Waals surface area contributed by atoms with Crippen molar-refractivity contribution in [1.82, 2.24) is 25.0 Å². The number of aromatic nitrogens is 5. The molecule has 4 rings (SSSR count). The molecule has 0 atom stereocenters. The zero-order valence-electron chi connectivity index (χ0n) is 14.8. The van der Waals surface area contributed by atoms with E-state index in [1.54, 1.807) is 6.07 Å². The Morgan fingerprint density at radius 2 is 1.79 bits per heavy atom. The van der Waals surface area contributed by atoms with E-state index in [1.165, 1.54) is 11.8 Å². The molecule has 0 saturated heterocycles. The van der Waals surface area contributed by atoms with Crippen molar-refractivity contribution in [1.29, 1.82) is 0 Å². The molecule has 0 aliphatic carbocycles. The summed E-state index contributed by atoms with van der Waals surface area (Å²) in [6.45, 7) is 4.44. The second-order valence-corrected chi connectivity index (χ2v) is 7.19. The van der Waals surface area contributed by atoms with Crippen LogP contribution in [-0.4, -0.2) is 25.0 Å². The Balaban J connectivity index is 1.54. The van der Waals surface area contributed by atoms with E-state index in [-0.39, 0.29) is 0 Å². The molecule has 0 spiro atoms. The van der Waals surface area contributed by atoms with Crippen molar-refractivity contribution in [3.63, 3.8) is 0 Å². The van der Waals surface area contributed by atoms with E-state index >= 15 is 0 Å². The van der Waals surface area contributed by atoms with Gasteiger partial charge in [-0.2, -0.15) is 0 Å². The minimum absolute atomic E-state index is 0.402. The fourth-order valence-corrected chi connectivity index (χ4v) is 3.67. The molecule has 0 aliphatic rings. The van der Waals surface area contributed by atoms with E-state index in [2.05, 4.69) is 27.0 Å². The van der Waals surface area contributed by atoms with Crippen molar-refractivity contribution >= 4 is 23.4 Å². The Morgan fingerprint density at radius 3 is 2.57 bits per heavy atom. The molecule has 6 nitrogen and oxygen atoms in total. The molecule has 140 valence electrons. The van der Waals surface area contributed by atoms with Crippen molar-refractivity contribution < 1.29 is 4.42 Å². The summed E-state index contributed by atoms with van der Waals surface area (Å²) >= 11 is 7.67. The third-order valence-corrected chi connectivity index (χ3v) is 5.24. The summed E-state index contributed by atoms with van der Waals surface area (Å²) in [5.41, 5.74) is 1.72. The number of rotatable bonds is 7. The van der Waals surface area contributed by atoms with Gasteiger partial charge >= 0.3 is 0 Å². The largest absolute Gasteiger partial charge is 0.420 e. The van der Waals surface area contributed by atoms with Crippen LogP contribution in [0.1, 0.15) is 5.89 Å². The SMILES string of the molecule is C=CCn1c(SCc2nnc(-c3ccccc3Cl)o2)nnc1-c1ccccc1. The molecule has 2 aromatic heterocycles. The molecular weight excluding hydrogens is 394 g/mol. The Labute approximate surface area is 171 Å². The number of hydrogen-bond donors (Lipinski definition) is 0. The lowest BCUT2D eigenvalue weighted by Gasteiger charge is -2.06. The lowest BCUT2D eigenvalue weighted by molar-refractivity contribution is 0.528. The molecule has 28 heavy (non-hydrogen) atoms. The maximum absolute atomic E-state index is 6.19. The smallest absolute Gasteiger partial charge is 0.249 e. The van der Waals surface area contributed by atoms with Crippen LogP contribution in [0.2, 0.25) is 5.02 Å². The first-order valence-electron chi connectivity index (χ1n) is 8.56. The van der Waals surface area contributed by atoms with E-state index < -0.39 is 0 Å². The van der Waals surface area contributed by atoms with Crippen LogP contribution in [0.5, 0.6) is 0 Å². The summed E-state index contributed by atoms with van der Waals surface area (Å²) in [5.74, 6) is 2.17. The number of thioether (sulfide) groups is 1. The lowest BCUT2D eigenvalue weighted by Crippen LogP contribution is -2.00. The fourth-order valence-electron chi connectivity index (χ4n) is 2.67. The molecule has 2 heterocycles. The molecule has 0 N–H and O–H groups in total. The maximum Gasteiger partial charge on any atom is 0.249 e. The van der Waals surface area contributed by atoms with E-state index in [9.17, 15) is 0 Å². The van der Waals surface area contributed by atoms with Gasteiger partial charge in [0, 0.05) is 12.1 Å². The van der Waals surface area contributed by atoms with Gasteiger partial charge in [-0.05, 0) is 12.1 Å². The first kappa shape index (κ1) is 18.5. The number of hydrogen-bond acceptors (Lipinski definition) is 6. The molecular formula is C20H16ClN5OS. The highest BCUT2D eigenvalue weighted by atomic mass is 35.5. The maximum atomic E-state index is 6.19. The monoisotopic (exact) mass is 409 g/mol. The van der Waals surface area contributed by atoms with Crippen molar-refractivity contribution in [2.75, 3.05) is 0 Å². The second-order valence-electron chi connectivity index (χ2n) is 5.84. The summed E-state index contributed by atoms with van der Waals surface area (Å²) in [6, 6.07) is 17.3. The number of nitrogens with zero attached hydrogens (tertiary/aromatic N) is 5. The van der Waals surface area contributed by atoms with Gasteiger partial charge in [0.2, 0.25) is 11.8 Å². The van der Waals surface area contributed by atoms with Gasteiger partial charge in [-0.3, -0.25) is 4.57 Å². The van der Waals surface area contributed by atoms with Gasteiger partial charge in [0.25, 0.3) is 0 Å². The highest BCUT2D eigenvalue weighted by molar-refractivity contribution is 7.98. The molecule has 8 heteroatoms. The van der Waals surface area contributed by atoms with E-state index in [0.717, 1.165) is 16.5 Å². The van der Waals surface area contributed by atoms with Gasteiger partial charge in [0.05, 0.1) is 16.3 Å². The van der Waals surface area contributed by atoms with Gasteiger partial charge in [-0.25, -0.2) is 0 Å². The van der Waals surface area contributed by atoms with Crippen LogP contribution >= 0.6 is 23.4 Å². The molecule has 0 radical (unpaired) electrons. The quantitative estimate of drug-likeness (QED) is 0.311. The Bertz CT molecular complexity index is 1090. The van der Waals surface area contributed by atoms with Crippen LogP contribution in [0.4, 0.5) is 0 Å². The first-order chi connectivity index (χ1) is 13.8. The average molecular weight is 410 g/mol. The molecule has 0 unspecified atom stereocenters. The van der Waals surface area contributed by atoms with Crippen LogP contribution in [0.25, 0.3) is 22.8 Å². The van der Waals surface area contributed by atoms with Gasteiger partial charge < -0.3 is 4.42 Å². The highest BCUT2D eigenvalue weighted by Crippen LogP contribution is 2.29. The van der Waals surface area contributed by atoms with Crippen LogP contribution in [0.15, 0.2) is 76.8 Å². The fraction of sp³-hybridized carbons (Fsp3) is 0.100. The first-order valence-corrected chi connectivity index (χ1v) is 9.92. The Hall–Kier alpha value is -2.90. The molecule has 0 amide bonds. The number of allylic oxidation sites excluding steroid dienone is 1. The van der Waals surface area contributed by atoms with E-state index in [4.69, 9.17) is 16.0 Å². The van der Waals surface area contributed by atoms with Gasteiger partial charge in [-0.1, -0.05) is 71.9 Å². The molecule has 2 aromatic carbocycles. The standard InChI is InChI=1S/C20H16ClN5OS/c1-2-12-26-18(14-8-4-3-5-9-14)23-25-20(26)28-13-17-22-24-19(27-17)15-10-6-7-11-16(15)21/h2-11H,1,12-13H2. The molecule has 0 bridgehead atoms. The lowest BCUT2D eigenvalue weighted by atomic mass is 10.2. The number of halogens is 1. The highest BCUT2D eigenvalue weighted by Gasteiger charge is 2.16. The normalized spacial score (nSPS) is 10.9. The van der Waals surface area contributed by atoms with Crippen molar-refractivity contribution in [3.05, 3.63) is 78.2 Å². The van der Waals surface area contributed by atoms with Crippen LogP contribution in [-0.2, 0) is 12.3 Å². The van der Waals surface area contributed by atoms with Gasteiger partial charge in [0.15, 0.2) is 11.0 Å². The van der Waals surface area contributed by atoms with Crippen molar-refractivity contribution in [3.8, 4) is 22.8 Å². The Kier molecular flexibility index (Phi) is 5.55. The zero-order valence-corrected chi connectivity index (χ0v) is 16.4. The van der Waals surface area contributed by atoms with E-state index in [1.807, 2.05) is 59.2 Å². The second kappa shape index (κ2) is 8.41. The summed E-state index contributed by atoms with van der Waals surface area (Å²) in [7, 11) is 0. The third kappa shape index (κ3) is 3.85. The van der Waals surface area contributed by atoms with Crippen LogP contribution < -0.4 is 0 Å². The summed E-state index contributed by atoms with van der Waals surface area (Å²) < 4.78 is 7.77. The summed E-state index contributed by atoms with van der Waals surface area (Å²) in [4.78, 5) is 0. The van der Waals surface area contributed by atoms with Crippen LogP contribution in [0.3, 0.4) is 0 Å². The topological polar surface area (TPSA) is 69.6 Å². The Morgan fingerprint density at radius 1 is 1.00 bits per heavy atom. The molecule has 0 saturated carbocycles. The van der Waals surface area contributed by atoms with Crippen LogP contribution in [0, 0.1) is 0 Å². The predicted octanol–water partition coefficient (Wildman–Crippen LogP) is 5.13. The number of benzene rings is 2. The zero-order chi connectivity index (χ0) is 19.3. The van der Waals surface area contributed by atoms with E-state index in [0.29, 0.717) is 34.7 Å². The summed E-state index contributed by atoms with van der Waals surface area (Å²) in [5, 5.41) is 18.2. The molecule has 0 fully saturated rings. The molecule has 4 aromatic rings. The third-order valence-electron chi connectivity index (χ3n) is 3.96.